The normalized spacial score (nSPS) is 11.3. The lowest BCUT2D eigenvalue weighted by atomic mass is 9.90. The first-order valence-electron chi connectivity index (χ1n) is 11.6. The zero-order valence-electron chi connectivity index (χ0n) is 19.4. The molecule has 4 aromatic carbocycles. The summed E-state index contributed by atoms with van der Waals surface area (Å²) in [5.41, 5.74) is 6.59. The lowest BCUT2D eigenvalue weighted by Crippen LogP contribution is -2.15. The molecule has 5 rings (SSSR count). The van der Waals surface area contributed by atoms with Crippen molar-refractivity contribution in [1.82, 2.24) is 9.55 Å². The highest BCUT2D eigenvalue weighted by molar-refractivity contribution is 6.32. The van der Waals surface area contributed by atoms with Gasteiger partial charge in [-0.05, 0) is 60.4 Å². The molecule has 0 fully saturated rings. The van der Waals surface area contributed by atoms with Crippen LogP contribution in [0.5, 0.6) is 5.75 Å². The quantitative estimate of drug-likeness (QED) is 0.247. The molecule has 0 aliphatic heterocycles. The minimum absolute atomic E-state index is 0.0230. The predicted octanol–water partition coefficient (Wildman–Crippen LogP) is 7.57. The molecular formula is C30H27ClN2O. The number of ether oxygens (including phenoxy) is 1. The van der Waals surface area contributed by atoms with E-state index in [1.165, 1.54) is 11.1 Å². The van der Waals surface area contributed by atoms with Gasteiger partial charge in [-0.2, -0.15) is 0 Å². The molecule has 34 heavy (non-hydrogen) atoms. The fourth-order valence-corrected chi connectivity index (χ4v) is 4.68. The molecule has 0 amide bonds. The van der Waals surface area contributed by atoms with Gasteiger partial charge in [0.05, 0.1) is 23.5 Å². The molecule has 0 atom stereocenters. The molecular weight excluding hydrogens is 440 g/mol. The van der Waals surface area contributed by atoms with Gasteiger partial charge in [0, 0.05) is 5.02 Å². The van der Waals surface area contributed by atoms with Crippen molar-refractivity contribution in [3.05, 3.63) is 130 Å². The van der Waals surface area contributed by atoms with E-state index in [9.17, 15) is 0 Å². The Morgan fingerprint density at radius 2 is 1.35 bits per heavy atom. The van der Waals surface area contributed by atoms with Gasteiger partial charge in [-0.3, -0.25) is 0 Å². The van der Waals surface area contributed by atoms with Gasteiger partial charge in [-0.25, -0.2) is 4.98 Å². The summed E-state index contributed by atoms with van der Waals surface area (Å²) in [6, 6.07) is 33.5. The van der Waals surface area contributed by atoms with E-state index in [1.54, 1.807) is 0 Å². The van der Waals surface area contributed by atoms with Crippen LogP contribution in [-0.2, 0) is 6.54 Å². The molecule has 4 heteroatoms. The largest absolute Gasteiger partial charge is 0.492 e. The SMILES string of the molecule is Cc1cc(OCCn2c(C(c3ccccc3)c3ccccc3)nc3ccccc32)cc(C)c1Cl. The zero-order valence-corrected chi connectivity index (χ0v) is 20.2. The smallest absolute Gasteiger partial charge is 0.122 e. The van der Waals surface area contributed by atoms with Crippen LogP contribution in [0.4, 0.5) is 0 Å². The van der Waals surface area contributed by atoms with Crippen LogP contribution in [0.25, 0.3) is 11.0 Å². The third-order valence-corrected chi connectivity index (χ3v) is 6.80. The Kier molecular flexibility index (Phi) is 6.37. The Hall–Kier alpha value is -3.56. The van der Waals surface area contributed by atoms with Crippen LogP contribution in [0, 0.1) is 13.8 Å². The summed E-state index contributed by atoms with van der Waals surface area (Å²) < 4.78 is 8.49. The van der Waals surface area contributed by atoms with E-state index in [0.717, 1.165) is 38.8 Å². The van der Waals surface area contributed by atoms with Crippen LogP contribution in [0.3, 0.4) is 0 Å². The Bertz CT molecular complexity index is 1350. The second-order valence-corrected chi connectivity index (χ2v) is 8.96. The lowest BCUT2D eigenvalue weighted by molar-refractivity contribution is 0.297. The number of hydrogen-bond donors (Lipinski definition) is 0. The fraction of sp³-hybridized carbons (Fsp3) is 0.167. The Labute approximate surface area is 205 Å². The average Bonchev–Trinajstić information content (AvgIpc) is 3.22. The molecule has 1 aromatic heterocycles. The Morgan fingerprint density at radius 3 is 1.97 bits per heavy atom. The predicted molar refractivity (Wildman–Crippen MR) is 140 cm³/mol. The van der Waals surface area contributed by atoms with Crippen LogP contribution >= 0.6 is 11.6 Å². The summed E-state index contributed by atoms with van der Waals surface area (Å²) in [6.45, 7) is 5.23. The summed E-state index contributed by atoms with van der Waals surface area (Å²) in [5.74, 6) is 1.88. The molecule has 0 radical (unpaired) electrons. The Balaban J connectivity index is 1.54. The van der Waals surface area contributed by atoms with Crippen LogP contribution < -0.4 is 4.74 Å². The highest BCUT2D eigenvalue weighted by Gasteiger charge is 2.23. The maximum absolute atomic E-state index is 6.33. The molecule has 0 spiro atoms. The number of hydrogen-bond acceptors (Lipinski definition) is 2. The molecule has 170 valence electrons. The number of aromatic nitrogens is 2. The monoisotopic (exact) mass is 466 g/mol. The lowest BCUT2D eigenvalue weighted by Gasteiger charge is -2.20. The topological polar surface area (TPSA) is 27.1 Å². The highest BCUT2D eigenvalue weighted by Crippen LogP contribution is 2.33. The molecule has 3 nitrogen and oxygen atoms in total. The molecule has 5 aromatic rings. The van der Waals surface area contributed by atoms with E-state index >= 15 is 0 Å². The standard InChI is InChI=1S/C30H27ClN2O/c1-21-19-25(20-22(2)29(21)31)34-18-17-33-27-16-10-9-15-26(27)32-30(33)28(23-11-5-3-6-12-23)24-13-7-4-8-14-24/h3-16,19-20,28H,17-18H2,1-2H3. The molecule has 0 saturated carbocycles. The maximum Gasteiger partial charge on any atom is 0.122 e. The van der Waals surface area contributed by atoms with E-state index in [1.807, 2.05) is 32.0 Å². The van der Waals surface area contributed by atoms with Crippen molar-refractivity contribution < 1.29 is 4.74 Å². The van der Waals surface area contributed by atoms with Crippen molar-refractivity contribution in [3.63, 3.8) is 0 Å². The first-order chi connectivity index (χ1) is 16.6. The summed E-state index contributed by atoms with van der Waals surface area (Å²) in [5, 5.41) is 0.795. The van der Waals surface area contributed by atoms with Crippen LogP contribution in [0.1, 0.15) is 34.0 Å². The van der Waals surface area contributed by atoms with E-state index in [0.29, 0.717) is 13.2 Å². The highest BCUT2D eigenvalue weighted by atomic mass is 35.5. The summed E-state index contributed by atoms with van der Waals surface area (Å²) in [6.07, 6.45) is 0. The number of benzene rings is 4. The first-order valence-corrected chi connectivity index (χ1v) is 11.9. The Morgan fingerprint density at radius 1 is 0.794 bits per heavy atom. The van der Waals surface area contributed by atoms with Gasteiger partial charge in [0.1, 0.15) is 18.2 Å². The fourth-order valence-electron chi connectivity index (χ4n) is 4.58. The van der Waals surface area contributed by atoms with Gasteiger partial charge in [-0.15, -0.1) is 0 Å². The minimum Gasteiger partial charge on any atom is -0.492 e. The van der Waals surface area contributed by atoms with Crippen molar-refractivity contribution >= 4 is 22.6 Å². The molecule has 0 bridgehead atoms. The summed E-state index contributed by atoms with van der Waals surface area (Å²) in [4.78, 5) is 5.12. The zero-order chi connectivity index (χ0) is 23.5. The third kappa shape index (κ3) is 4.44. The molecule has 0 saturated heterocycles. The van der Waals surface area contributed by atoms with Crippen LogP contribution in [0.2, 0.25) is 5.02 Å². The van der Waals surface area contributed by atoms with Gasteiger partial charge in [0.15, 0.2) is 0 Å². The third-order valence-electron chi connectivity index (χ3n) is 6.20. The van der Waals surface area contributed by atoms with Gasteiger partial charge < -0.3 is 9.30 Å². The average molecular weight is 467 g/mol. The maximum atomic E-state index is 6.33. The molecule has 0 aliphatic rings. The minimum atomic E-state index is 0.0230. The summed E-state index contributed by atoms with van der Waals surface area (Å²) in [7, 11) is 0. The van der Waals surface area contributed by atoms with Gasteiger partial charge >= 0.3 is 0 Å². The number of para-hydroxylation sites is 2. The van der Waals surface area contributed by atoms with Crippen molar-refractivity contribution in [2.24, 2.45) is 0 Å². The molecule has 0 N–H and O–H groups in total. The van der Waals surface area contributed by atoms with Gasteiger partial charge in [0.25, 0.3) is 0 Å². The molecule has 0 unspecified atom stereocenters. The van der Waals surface area contributed by atoms with E-state index in [4.69, 9.17) is 21.3 Å². The number of aryl methyl sites for hydroxylation is 2. The van der Waals surface area contributed by atoms with Gasteiger partial charge in [0.2, 0.25) is 0 Å². The van der Waals surface area contributed by atoms with Gasteiger partial charge in [-0.1, -0.05) is 84.4 Å². The van der Waals surface area contributed by atoms with Crippen molar-refractivity contribution in [3.8, 4) is 5.75 Å². The number of fused-ring (bicyclic) bond motifs is 1. The number of rotatable bonds is 7. The van der Waals surface area contributed by atoms with Crippen molar-refractivity contribution in [2.75, 3.05) is 6.61 Å². The van der Waals surface area contributed by atoms with E-state index in [-0.39, 0.29) is 5.92 Å². The van der Waals surface area contributed by atoms with Crippen molar-refractivity contribution in [2.45, 2.75) is 26.3 Å². The number of halogens is 1. The van der Waals surface area contributed by atoms with E-state index < -0.39 is 0 Å². The van der Waals surface area contributed by atoms with Crippen molar-refractivity contribution in [1.29, 1.82) is 0 Å². The van der Waals surface area contributed by atoms with E-state index in [2.05, 4.69) is 83.4 Å². The second-order valence-electron chi connectivity index (χ2n) is 8.58. The van der Waals surface area contributed by atoms with Crippen LogP contribution in [0.15, 0.2) is 97.1 Å². The summed E-state index contributed by atoms with van der Waals surface area (Å²) >= 11 is 6.33. The molecule has 0 aliphatic carbocycles. The second kappa shape index (κ2) is 9.74. The van der Waals surface area contributed by atoms with Crippen LogP contribution in [-0.4, -0.2) is 16.2 Å². The number of imidazole rings is 1. The number of nitrogens with zero attached hydrogens (tertiary/aromatic N) is 2. The first kappa shape index (κ1) is 22.2. The molecule has 1 heterocycles.